The molecule has 0 radical (unpaired) electrons. The number of esters is 1. The Labute approximate surface area is 174 Å². The Kier molecular flexibility index (Phi) is 4.24. The zero-order valence-electron chi connectivity index (χ0n) is 17.5. The Balaban J connectivity index is 1.44. The van der Waals surface area contributed by atoms with Gasteiger partial charge in [-0.05, 0) is 78.7 Å². The molecule has 2 fully saturated rings. The van der Waals surface area contributed by atoms with Crippen LogP contribution in [0.5, 0.6) is 0 Å². The summed E-state index contributed by atoms with van der Waals surface area (Å²) in [5, 5.41) is 0. The number of hydrogen-bond donors (Lipinski definition) is 0. The first-order valence-electron chi connectivity index (χ1n) is 11.0. The molecule has 0 heterocycles. The SMILES string of the molecule is C=C1C=C2C=C(OC(=O)c3ccccc3)C=C[C@]2(C)[C@H]2CC[C@]3(C)CCC[C@H]3[C@H]12. The van der Waals surface area contributed by atoms with Crippen LogP contribution in [0.25, 0.3) is 0 Å². The summed E-state index contributed by atoms with van der Waals surface area (Å²) in [6.07, 6.45) is 15.3. The van der Waals surface area contributed by atoms with Gasteiger partial charge in [-0.1, -0.05) is 62.8 Å². The highest BCUT2D eigenvalue weighted by Gasteiger charge is 2.55. The second-order valence-electron chi connectivity index (χ2n) is 9.92. The normalized spacial score (nSPS) is 37.7. The number of carbonyl (C=O) groups is 1. The molecule has 0 spiro atoms. The Morgan fingerprint density at radius 1 is 1.07 bits per heavy atom. The standard InChI is InChI=1S/C27H30O2/c1-18-16-20-17-21(29-25(28)19-8-5-4-6-9-19)11-15-27(20,3)23-12-14-26(2)13-7-10-22(26)24(18)23/h4-6,8-9,11,15-17,22-24H,1,7,10,12-14H2,2-3H3/t22-,23-,24-,26-,27-/m0/s1. The molecule has 0 bridgehead atoms. The van der Waals surface area contributed by atoms with Gasteiger partial charge < -0.3 is 4.74 Å². The molecule has 150 valence electrons. The van der Waals surface area contributed by atoms with Gasteiger partial charge in [0.25, 0.3) is 0 Å². The fraction of sp³-hybridized carbons (Fsp3) is 0.444. The first-order chi connectivity index (χ1) is 13.9. The molecule has 0 N–H and O–H groups in total. The molecule has 0 saturated heterocycles. The molecule has 0 aliphatic heterocycles. The van der Waals surface area contributed by atoms with Crippen molar-refractivity contribution >= 4 is 5.97 Å². The molecular weight excluding hydrogens is 356 g/mol. The number of carbonyl (C=O) groups excluding carboxylic acids is 1. The van der Waals surface area contributed by atoms with E-state index in [1.165, 1.54) is 43.3 Å². The molecular formula is C27H30O2. The van der Waals surface area contributed by atoms with E-state index in [1.807, 2.05) is 24.3 Å². The van der Waals surface area contributed by atoms with Gasteiger partial charge in [0.05, 0.1) is 5.56 Å². The number of hydrogen-bond acceptors (Lipinski definition) is 2. The van der Waals surface area contributed by atoms with Gasteiger partial charge in [-0.15, -0.1) is 0 Å². The summed E-state index contributed by atoms with van der Waals surface area (Å²) < 4.78 is 5.69. The fourth-order valence-corrected chi connectivity index (χ4v) is 6.66. The van der Waals surface area contributed by atoms with Crippen LogP contribution in [0.1, 0.15) is 56.3 Å². The predicted octanol–water partition coefficient (Wildman–Crippen LogP) is 6.63. The second-order valence-corrected chi connectivity index (χ2v) is 9.92. The number of benzene rings is 1. The third-order valence-corrected chi connectivity index (χ3v) is 8.32. The van der Waals surface area contributed by atoms with Crippen molar-refractivity contribution in [3.8, 4) is 0 Å². The molecule has 4 aliphatic rings. The average molecular weight is 387 g/mol. The molecule has 29 heavy (non-hydrogen) atoms. The van der Waals surface area contributed by atoms with E-state index in [1.54, 1.807) is 12.1 Å². The minimum Gasteiger partial charge on any atom is -0.423 e. The third-order valence-electron chi connectivity index (χ3n) is 8.32. The van der Waals surface area contributed by atoms with Gasteiger partial charge in [-0.3, -0.25) is 0 Å². The summed E-state index contributed by atoms with van der Waals surface area (Å²) in [6, 6.07) is 9.17. The molecule has 0 unspecified atom stereocenters. The highest BCUT2D eigenvalue weighted by Crippen LogP contribution is 2.64. The van der Waals surface area contributed by atoms with Crippen LogP contribution in [0.4, 0.5) is 0 Å². The van der Waals surface area contributed by atoms with Crippen molar-refractivity contribution in [2.24, 2.45) is 28.6 Å². The topological polar surface area (TPSA) is 26.3 Å². The Morgan fingerprint density at radius 2 is 1.86 bits per heavy atom. The lowest BCUT2D eigenvalue weighted by molar-refractivity contribution is 0.0214. The van der Waals surface area contributed by atoms with E-state index in [0.29, 0.717) is 28.6 Å². The molecule has 2 nitrogen and oxygen atoms in total. The summed E-state index contributed by atoms with van der Waals surface area (Å²) in [4.78, 5) is 12.5. The molecule has 4 aliphatic carbocycles. The zero-order valence-corrected chi connectivity index (χ0v) is 17.5. The van der Waals surface area contributed by atoms with Crippen molar-refractivity contribution in [1.82, 2.24) is 0 Å². The Bertz CT molecular complexity index is 950. The number of rotatable bonds is 2. The first-order valence-corrected chi connectivity index (χ1v) is 11.0. The van der Waals surface area contributed by atoms with E-state index in [-0.39, 0.29) is 11.4 Å². The maximum Gasteiger partial charge on any atom is 0.343 e. The highest BCUT2D eigenvalue weighted by molar-refractivity contribution is 5.90. The van der Waals surface area contributed by atoms with Gasteiger partial charge in [-0.2, -0.15) is 0 Å². The minimum absolute atomic E-state index is 0.00156. The molecule has 1 aromatic carbocycles. The van der Waals surface area contributed by atoms with E-state index in [2.05, 4.69) is 38.7 Å². The smallest absolute Gasteiger partial charge is 0.343 e. The van der Waals surface area contributed by atoms with Crippen molar-refractivity contribution < 1.29 is 9.53 Å². The van der Waals surface area contributed by atoms with Gasteiger partial charge in [0.2, 0.25) is 0 Å². The van der Waals surface area contributed by atoms with Crippen molar-refractivity contribution in [3.05, 3.63) is 83.7 Å². The highest BCUT2D eigenvalue weighted by atomic mass is 16.5. The van der Waals surface area contributed by atoms with Gasteiger partial charge >= 0.3 is 5.97 Å². The molecule has 2 saturated carbocycles. The van der Waals surface area contributed by atoms with Crippen LogP contribution in [-0.4, -0.2) is 5.97 Å². The maximum absolute atomic E-state index is 12.5. The van der Waals surface area contributed by atoms with Gasteiger partial charge in [0.15, 0.2) is 0 Å². The van der Waals surface area contributed by atoms with Crippen LogP contribution >= 0.6 is 0 Å². The quantitative estimate of drug-likeness (QED) is 0.533. The third kappa shape index (κ3) is 2.87. The summed E-state index contributed by atoms with van der Waals surface area (Å²) in [7, 11) is 0. The Hall–Kier alpha value is -2.35. The van der Waals surface area contributed by atoms with Gasteiger partial charge in [0.1, 0.15) is 5.76 Å². The van der Waals surface area contributed by atoms with Crippen LogP contribution in [0.15, 0.2) is 78.1 Å². The summed E-state index contributed by atoms with van der Waals surface area (Å²) >= 11 is 0. The van der Waals surface area contributed by atoms with Crippen molar-refractivity contribution in [2.45, 2.75) is 46.0 Å². The maximum atomic E-state index is 12.5. The van der Waals surface area contributed by atoms with Crippen molar-refractivity contribution in [3.63, 3.8) is 0 Å². The lowest BCUT2D eigenvalue weighted by atomic mass is 9.49. The number of fused-ring (bicyclic) bond motifs is 5. The summed E-state index contributed by atoms with van der Waals surface area (Å²) in [6.45, 7) is 9.38. The monoisotopic (exact) mass is 386 g/mol. The van der Waals surface area contributed by atoms with E-state index in [0.717, 1.165) is 5.92 Å². The van der Waals surface area contributed by atoms with Crippen molar-refractivity contribution in [1.29, 1.82) is 0 Å². The van der Waals surface area contributed by atoms with Gasteiger partial charge in [-0.25, -0.2) is 4.79 Å². The molecule has 5 rings (SSSR count). The predicted molar refractivity (Wildman–Crippen MR) is 116 cm³/mol. The van der Waals surface area contributed by atoms with E-state index in [9.17, 15) is 4.79 Å². The van der Waals surface area contributed by atoms with E-state index < -0.39 is 0 Å². The number of allylic oxidation sites excluding steroid dienone is 6. The fourth-order valence-electron chi connectivity index (χ4n) is 6.66. The van der Waals surface area contributed by atoms with Crippen LogP contribution in [0, 0.1) is 28.6 Å². The number of ether oxygens (including phenoxy) is 1. The van der Waals surface area contributed by atoms with Gasteiger partial charge in [0, 0.05) is 5.41 Å². The second kappa shape index (κ2) is 6.58. The average Bonchev–Trinajstić information content (AvgIpc) is 3.11. The lowest BCUT2D eigenvalue weighted by Crippen LogP contribution is -2.47. The van der Waals surface area contributed by atoms with E-state index in [4.69, 9.17) is 4.74 Å². The van der Waals surface area contributed by atoms with E-state index >= 15 is 0 Å². The summed E-state index contributed by atoms with van der Waals surface area (Å²) in [5.41, 5.74) is 3.59. The van der Waals surface area contributed by atoms with Crippen molar-refractivity contribution in [2.75, 3.05) is 0 Å². The summed E-state index contributed by atoms with van der Waals surface area (Å²) in [5.74, 6) is 2.24. The first kappa shape index (κ1) is 18.7. The largest absolute Gasteiger partial charge is 0.423 e. The molecule has 0 amide bonds. The van der Waals surface area contributed by atoms with Crippen LogP contribution in [-0.2, 0) is 4.74 Å². The minimum atomic E-state index is -0.308. The lowest BCUT2D eigenvalue weighted by Gasteiger charge is -2.55. The zero-order chi connectivity index (χ0) is 20.2. The molecule has 1 aromatic rings. The molecule has 0 aromatic heterocycles. The van der Waals surface area contributed by atoms with Crippen LogP contribution in [0.2, 0.25) is 0 Å². The molecule has 5 atom stereocenters. The Morgan fingerprint density at radius 3 is 2.66 bits per heavy atom. The molecule has 2 heteroatoms. The van der Waals surface area contributed by atoms with Crippen LogP contribution < -0.4 is 0 Å². The van der Waals surface area contributed by atoms with Crippen LogP contribution in [0.3, 0.4) is 0 Å².